The number of fused-ring (bicyclic) bond motifs is 3. The first-order valence-electron chi connectivity index (χ1n) is 10.8. The maximum Gasteiger partial charge on any atom is 0.256 e. The summed E-state index contributed by atoms with van der Waals surface area (Å²) in [4.78, 5) is 25.2. The molecule has 6 rings (SSSR count). The largest absolute Gasteiger partial charge is 0.383 e. The Hall–Kier alpha value is -3.63. The van der Waals surface area contributed by atoms with E-state index in [1.165, 1.54) is 24.7 Å². The van der Waals surface area contributed by atoms with Crippen molar-refractivity contribution in [2.24, 2.45) is 5.92 Å². The van der Waals surface area contributed by atoms with E-state index >= 15 is 0 Å². The predicted molar refractivity (Wildman–Crippen MR) is 128 cm³/mol. The highest BCUT2D eigenvalue weighted by atomic mass is 35.5. The number of rotatable bonds is 4. The van der Waals surface area contributed by atoms with Crippen molar-refractivity contribution in [2.75, 3.05) is 17.6 Å². The van der Waals surface area contributed by atoms with Gasteiger partial charge in [0, 0.05) is 29.4 Å². The van der Waals surface area contributed by atoms with Crippen LogP contribution in [0.1, 0.15) is 29.2 Å². The monoisotopic (exact) mass is 480 g/mol. The summed E-state index contributed by atoms with van der Waals surface area (Å²) < 4.78 is 15.3. The number of nitrogens with two attached hydrogens (primary N) is 1. The van der Waals surface area contributed by atoms with Crippen LogP contribution in [-0.2, 0) is 0 Å². The average Bonchev–Trinajstić information content (AvgIpc) is 3.54. The molecule has 9 nitrogen and oxygen atoms in total. The summed E-state index contributed by atoms with van der Waals surface area (Å²) >= 11 is 0. The number of nitrogens with one attached hydrogen (secondary N) is 2. The van der Waals surface area contributed by atoms with E-state index in [1.54, 1.807) is 12.1 Å². The molecule has 3 atom stereocenters. The first-order chi connectivity index (χ1) is 16.1. The van der Waals surface area contributed by atoms with Crippen molar-refractivity contribution < 1.29 is 9.18 Å². The molecule has 1 aliphatic carbocycles. The number of benzene rings is 1. The summed E-state index contributed by atoms with van der Waals surface area (Å²) in [5, 5.41) is 11.8. The van der Waals surface area contributed by atoms with Crippen LogP contribution >= 0.6 is 12.4 Å². The Bertz CT molecular complexity index is 1380. The Morgan fingerprint density at radius 1 is 1.15 bits per heavy atom. The number of hydrogen-bond acceptors (Lipinski definition) is 7. The molecule has 4 N–H and O–H groups in total. The minimum Gasteiger partial charge on any atom is -0.383 e. The van der Waals surface area contributed by atoms with Gasteiger partial charge in [-0.25, -0.2) is 24.0 Å². The van der Waals surface area contributed by atoms with Crippen molar-refractivity contribution in [1.82, 2.24) is 30.0 Å². The van der Waals surface area contributed by atoms with Crippen molar-refractivity contribution in [1.29, 1.82) is 0 Å². The maximum absolute atomic E-state index is 13.4. The van der Waals surface area contributed by atoms with Crippen molar-refractivity contribution in [2.45, 2.75) is 24.9 Å². The molecule has 0 radical (unpaired) electrons. The number of carbonyl (C=O) groups excluding carboxylic acids is 1. The molecule has 34 heavy (non-hydrogen) atoms. The van der Waals surface area contributed by atoms with Crippen LogP contribution in [0.5, 0.6) is 0 Å². The SMILES string of the molecule is Cl.Nc1ncnc2c1c(-c1ccc(C(=O)Nc3cc(F)ccn3)cc1)nn2C1C[C@@H]2CNC1C2. The van der Waals surface area contributed by atoms with Gasteiger partial charge in [0.15, 0.2) is 5.65 Å². The van der Waals surface area contributed by atoms with Gasteiger partial charge in [0.2, 0.25) is 0 Å². The van der Waals surface area contributed by atoms with Gasteiger partial charge in [-0.2, -0.15) is 5.10 Å². The van der Waals surface area contributed by atoms with Crippen LogP contribution in [-0.4, -0.2) is 43.2 Å². The summed E-state index contributed by atoms with van der Waals surface area (Å²) in [5.41, 5.74) is 8.85. The van der Waals surface area contributed by atoms with E-state index in [0.29, 0.717) is 34.4 Å². The van der Waals surface area contributed by atoms with Crippen LogP contribution in [0.2, 0.25) is 0 Å². The zero-order valence-electron chi connectivity index (χ0n) is 18.0. The standard InChI is InChI=1S/C23H21FN8O.ClH/c24-15-5-6-26-18(9-15)30-23(33)14-3-1-13(2-4-14)20-19-21(25)28-11-29-22(19)32(31-20)17-8-12-7-16(17)27-10-12;/h1-6,9,11-12,16-17,27H,7-8,10H2,(H2,25,28,29)(H,26,30,33);1H/t12-,16?,17?;/m1./s1. The van der Waals surface area contributed by atoms with Crippen molar-refractivity contribution >= 4 is 41.0 Å². The van der Waals surface area contributed by atoms with Gasteiger partial charge in [-0.3, -0.25) is 4.79 Å². The van der Waals surface area contributed by atoms with Crippen LogP contribution in [0.25, 0.3) is 22.3 Å². The molecular formula is C23H22ClFN8O. The van der Waals surface area contributed by atoms with E-state index in [0.717, 1.165) is 30.6 Å². The molecule has 3 aromatic heterocycles. The first-order valence-corrected chi connectivity index (χ1v) is 10.8. The second kappa shape index (κ2) is 8.62. The Labute approximate surface area is 200 Å². The number of nitrogen functional groups attached to an aromatic ring is 1. The van der Waals surface area contributed by atoms with Crippen molar-refractivity contribution in [3.63, 3.8) is 0 Å². The van der Waals surface area contributed by atoms with Gasteiger partial charge < -0.3 is 16.4 Å². The molecule has 11 heteroatoms. The van der Waals surface area contributed by atoms with Crippen LogP contribution in [0.3, 0.4) is 0 Å². The number of aromatic nitrogens is 5. The molecular weight excluding hydrogens is 459 g/mol. The zero-order valence-corrected chi connectivity index (χ0v) is 18.8. The molecule has 4 heterocycles. The Kier molecular flexibility index (Phi) is 5.62. The molecule has 2 fully saturated rings. The van der Waals surface area contributed by atoms with Gasteiger partial charge in [-0.15, -0.1) is 12.4 Å². The van der Waals surface area contributed by atoms with E-state index in [9.17, 15) is 9.18 Å². The van der Waals surface area contributed by atoms with Gasteiger partial charge in [0.25, 0.3) is 5.91 Å². The Morgan fingerprint density at radius 2 is 1.97 bits per heavy atom. The number of carbonyl (C=O) groups is 1. The van der Waals surface area contributed by atoms with E-state index in [2.05, 4.69) is 25.6 Å². The lowest BCUT2D eigenvalue weighted by molar-refractivity contribution is 0.102. The van der Waals surface area contributed by atoms with Gasteiger partial charge in [0.05, 0.1) is 11.4 Å². The summed E-state index contributed by atoms with van der Waals surface area (Å²) in [6.45, 7) is 1.05. The second-order valence-electron chi connectivity index (χ2n) is 8.56. The lowest BCUT2D eigenvalue weighted by Gasteiger charge is -2.23. The smallest absolute Gasteiger partial charge is 0.256 e. The number of nitrogens with zero attached hydrogens (tertiary/aromatic N) is 5. The molecule has 174 valence electrons. The topological polar surface area (TPSA) is 124 Å². The third-order valence-corrected chi connectivity index (χ3v) is 6.51. The number of piperidine rings is 1. The third kappa shape index (κ3) is 3.74. The first kappa shape index (κ1) is 22.2. The lowest BCUT2D eigenvalue weighted by Crippen LogP contribution is -2.35. The molecule has 2 unspecified atom stereocenters. The van der Waals surface area contributed by atoms with Crippen LogP contribution in [0.4, 0.5) is 16.0 Å². The molecule has 2 bridgehead atoms. The van der Waals surface area contributed by atoms with Crippen LogP contribution in [0.15, 0.2) is 48.9 Å². The van der Waals surface area contributed by atoms with Gasteiger partial charge >= 0.3 is 0 Å². The summed E-state index contributed by atoms with van der Waals surface area (Å²) in [7, 11) is 0. The summed E-state index contributed by atoms with van der Waals surface area (Å²) in [6.07, 6.45) is 4.97. The van der Waals surface area contributed by atoms with Crippen molar-refractivity contribution in [3.8, 4) is 11.3 Å². The average molecular weight is 481 g/mol. The molecule has 4 aromatic rings. The fourth-order valence-corrected chi connectivity index (χ4v) is 4.96. The second-order valence-corrected chi connectivity index (χ2v) is 8.56. The van der Waals surface area contributed by atoms with Gasteiger partial charge in [-0.05, 0) is 43.5 Å². The normalized spacial score (nSPS) is 20.9. The van der Waals surface area contributed by atoms with Crippen molar-refractivity contribution in [3.05, 3.63) is 60.3 Å². The van der Waals surface area contributed by atoms with Gasteiger partial charge in [0.1, 0.15) is 29.5 Å². The highest BCUT2D eigenvalue weighted by Crippen LogP contribution is 2.41. The third-order valence-electron chi connectivity index (χ3n) is 6.51. The van der Waals surface area contributed by atoms with E-state index in [-0.39, 0.29) is 30.2 Å². The number of amides is 1. The van der Waals surface area contributed by atoms with E-state index in [1.807, 2.05) is 16.8 Å². The van der Waals surface area contributed by atoms with E-state index in [4.69, 9.17) is 10.8 Å². The molecule has 1 amide bonds. The molecule has 0 spiro atoms. The number of anilines is 2. The molecule has 2 aliphatic rings. The highest BCUT2D eigenvalue weighted by Gasteiger charge is 2.42. The summed E-state index contributed by atoms with van der Waals surface area (Å²) in [5.74, 6) is 0.330. The quantitative estimate of drug-likeness (QED) is 0.409. The maximum atomic E-state index is 13.4. The molecule has 1 aromatic carbocycles. The fourth-order valence-electron chi connectivity index (χ4n) is 4.96. The van der Waals surface area contributed by atoms with Crippen LogP contribution in [0, 0.1) is 11.7 Å². The van der Waals surface area contributed by atoms with Crippen LogP contribution < -0.4 is 16.4 Å². The van der Waals surface area contributed by atoms with E-state index < -0.39 is 5.82 Å². The van der Waals surface area contributed by atoms with Gasteiger partial charge in [-0.1, -0.05) is 12.1 Å². The highest BCUT2D eigenvalue weighted by molar-refractivity contribution is 6.04. The molecule has 1 saturated carbocycles. The molecule has 1 aliphatic heterocycles. The minimum atomic E-state index is -0.469. The zero-order chi connectivity index (χ0) is 22.5. The molecule has 1 saturated heterocycles. The summed E-state index contributed by atoms with van der Waals surface area (Å²) in [6, 6.07) is 9.98. The predicted octanol–water partition coefficient (Wildman–Crippen LogP) is 3.21. The Morgan fingerprint density at radius 3 is 2.68 bits per heavy atom. The fraction of sp³-hybridized carbons (Fsp3) is 0.261. The number of hydrogen-bond donors (Lipinski definition) is 3. The minimum absolute atomic E-state index is 0. The Balaban J connectivity index is 0.00000241. The lowest BCUT2D eigenvalue weighted by atomic mass is 10.1. The number of halogens is 2. The number of pyridine rings is 1.